The highest BCUT2D eigenvalue weighted by molar-refractivity contribution is 5.70. The van der Waals surface area contributed by atoms with Gasteiger partial charge in [-0.1, -0.05) is 0 Å². The Kier molecular flexibility index (Phi) is 4.08. The lowest BCUT2D eigenvalue weighted by atomic mass is 10.2. The van der Waals surface area contributed by atoms with Crippen molar-refractivity contribution in [2.75, 3.05) is 18.0 Å². The molecule has 1 unspecified atom stereocenters. The molecule has 0 aromatic carbocycles. The Morgan fingerprint density at radius 2 is 1.92 bits per heavy atom. The van der Waals surface area contributed by atoms with E-state index in [1.807, 2.05) is 0 Å². The Hall–Kier alpha value is -2.06. The summed E-state index contributed by atoms with van der Waals surface area (Å²) in [5.74, 6) is 0.0637. The fourth-order valence-electron chi connectivity index (χ4n) is 3.22. The zero-order valence-corrected chi connectivity index (χ0v) is 14.0. The SMILES string of the molecule is CC(C)(C)OC(=O)N1C[C@H]2C(F)[C@H]1CN2c1cc(C(F)(F)F)ccn1. The van der Waals surface area contributed by atoms with E-state index in [1.165, 1.54) is 9.80 Å². The van der Waals surface area contributed by atoms with Crippen LogP contribution in [0.3, 0.4) is 0 Å². The molecule has 3 atom stereocenters. The van der Waals surface area contributed by atoms with E-state index < -0.39 is 41.7 Å². The molecule has 3 rings (SSSR count). The minimum atomic E-state index is -4.49. The summed E-state index contributed by atoms with van der Waals surface area (Å²) in [6.45, 7) is 5.28. The third kappa shape index (κ3) is 3.36. The van der Waals surface area contributed by atoms with E-state index in [0.717, 1.165) is 18.3 Å². The van der Waals surface area contributed by atoms with Crippen molar-refractivity contribution in [3.05, 3.63) is 23.9 Å². The van der Waals surface area contributed by atoms with Crippen molar-refractivity contribution >= 4 is 11.9 Å². The van der Waals surface area contributed by atoms with Gasteiger partial charge in [-0.3, -0.25) is 4.90 Å². The Morgan fingerprint density at radius 3 is 2.44 bits per heavy atom. The van der Waals surface area contributed by atoms with Gasteiger partial charge in [-0.25, -0.2) is 14.2 Å². The lowest BCUT2D eigenvalue weighted by Crippen LogP contribution is -2.50. The van der Waals surface area contributed by atoms with E-state index >= 15 is 0 Å². The highest BCUT2D eigenvalue weighted by atomic mass is 19.4. The first-order valence-corrected chi connectivity index (χ1v) is 7.91. The topological polar surface area (TPSA) is 45.7 Å². The van der Waals surface area contributed by atoms with E-state index in [-0.39, 0.29) is 18.9 Å². The maximum absolute atomic E-state index is 14.5. The number of amides is 1. The third-order valence-electron chi connectivity index (χ3n) is 4.30. The van der Waals surface area contributed by atoms with Gasteiger partial charge in [-0.2, -0.15) is 13.2 Å². The van der Waals surface area contributed by atoms with E-state index in [4.69, 9.17) is 4.74 Å². The molecule has 2 aliphatic heterocycles. The molecule has 2 saturated heterocycles. The second-order valence-corrected chi connectivity index (χ2v) is 7.26. The summed E-state index contributed by atoms with van der Waals surface area (Å²) in [6.07, 6.45) is -5.40. The molecule has 5 nitrogen and oxygen atoms in total. The molecular weight excluding hydrogens is 342 g/mol. The number of carbonyl (C=O) groups is 1. The molecule has 0 N–H and O–H groups in total. The second-order valence-electron chi connectivity index (χ2n) is 7.26. The largest absolute Gasteiger partial charge is 0.444 e. The number of anilines is 1. The number of pyridine rings is 1. The highest BCUT2D eigenvalue weighted by Crippen LogP contribution is 2.38. The Morgan fingerprint density at radius 1 is 1.24 bits per heavy atom. The monoisotopic (exact) mass is 361 g/mol. The summed E-state index contributed by atoms with van der Waals surface area (Å²) in [6, 6.07) is 0.299. The molecule has 9 heteroatoms. The standard InChI is InChI=1S/C16H19F4N3O2/c1-15(2,3)25-14(24)23-8-10-13(17)11(23)7-22(10)12-6-9(4-5-21-12)16(18,19)20/h4-6,10-11,13H,7-8H2,1-3H3/t10-,11+,13?/m0/s1. The quantitative estimate of drug-likeness (QED) is 0.721. The van der Waals surface area contributed by atoms with Crippen LogP contribution in [0.25, 0.3) is 0 Å². The number of alkyl halides is 4. The smallest absolute Gasteiger partial charge is 0.416 e. The number of aromatic nitrogens is 1. The normalized spacial score (nSPS) is 26.3. The van der Waals surface area contributed by atoms with Crippen molar-refractivity contribution in [1.29, 1.82) is 0 Å². The van der Waals surface area contributed by atoms with Crippen molar-refractivity contribution in [3.8, 4) is 0 Å². The lowest BCUT2D eigenvalue weighted by molar-refractivity contribution is -0.137. The maximum Gasteiger partial charge on any atom is 0.416 e. The van der Waals surface area contributed by atoms with Crippen molar-refractivity contribution in [2.45, 2.75) is 50.8 Å². The average Bonchev–Trinajstić information content (AvgIpc) is 2.97. The zero-order chi connectivity index (χ0) is 18.6. The van der Waals surface area contributed by atoms with Crippen LogP contribution in [0.1, 0.15) is 26.3 Å². The number of nitrogens with zero attached hydrogens (tertiary/aromatic N) is 3. The van der Waals surface area contributed by atoms with Gasteiger partial charge in [0, 0.05) is 19.3 Å². The molecule has 25 heavy (non-hydrogen) atoms. The van der Waals surface area contributed by atoms with Crippen LogP contribution in [0.15, 0.2) is 18.3 Å². The summed E-state index contributed by atoms with van der Waals surface area (Å²) < 4.78 is 58.4. The number of fused-ring (bicyclic) bond motifs is 2. The Balaban J connectivity index is 1.77. The van der Waals surface area contributed by atoms with Crippen LogP contribution in [0.2, 0.25) is 0 Å². The van der Waals surface area contributed by atoms with Crippen molar-refractivity contribution in [3.63, 3.8) is 0 Å². The van der Waals surface area contributed by atoms with Crippen LogP contribution in [-0.2, 0) is 10.9 Å². The van der Waals surface area contributed by atoms with Gasteiger partial charge in [-0.15, -0.1) is 0 Å². The summed E-state index contributed by atoms with van der Waals surface area (Å²) in [5.41, 5.74) is -1.54. The summed E-state index contributed by atoms with van der Waals surface area (Å²) in [5, 5.41) is 0. The molecule has 0 radical (unpaired) electrons. The molecular formula is C16H19F4N3O2. The minimum absolute atomic E-state index is 0.0542. The molecule has 2 bridgehead atoms. The molecule has 3 heterocycles. The number of hydrogen-bond donors (Lipinski definition) is 0. The van der Waals surface area contributed by atoms with Gasteiger partial charge in [0.15, 0.2) is 0 Å². The van der Waals surface area contributed by atoms with Crippen LogP contribution < -0.4 is 4.90 Å². The number of piperazine rings is 1. The van der Waals surface area contributed by atoms with Gasteiger partial charge in [0.1, 0.15) is 17.6 Å². The fraction of sp³-hybridized carbons (Fsp3) is 0.625. The van der Waals surface area contributed by atoms with Crippen LogP contribution in [0.4, 0.5) is 28.2 Å². The Bertz CT molecular complexity index is 674. The average molecular weight is 361 g/mol. The number of carbonyl (C=O) groups excluding carboxylic acids is 1. The molecule has 138 valence electrons. The fourth-order valence-corrected chi connectivity index (χ4v) is 3.22. The number of halogens is 4. The van der Waals surface area contributed by atoms with Gasteiger partial charge < -0.3 is 9.64 Å². The lowest BCUT2D eigenvalue weighted by Gasteiger charge is -2.35. The van der Waals surface area contributed by atoms with E-state index in [0.29, 0.717) is 0 Å². The van der Waals surface area contributed by atoms with Gasteiger partial charge >= 0.3 is 12.3 Å². The first-order chi connectivity index (χ1) is 11.5. The summed E-state index contributed by atoms with van der Waals surface area (Å²) >= 11 is 0. The second kappa shape index (κ2) is 5.74. The molecule has 1 aromatic rings. The molecule has 2 aliphatic rings. The zero-order valence-electron chi connectivity index (χ0n) is 14.0. The molecule has 1 amide bonds. The van der Waals surface area contributed by atoms with Crippen LogP contribution in [0.5, 0.6) is 0 Å². The number of hydrogen-bond acceptors (Lipinski definition) is 4. The molecule has 0 saturated carbocycles. The summed E-state index contributed by atoms with van der Waals surface area (Å²) in [4.78, 5) is 18.9. The van der Waals surface area contributed by atoms with Crippen LogP contribution >= 0.6 is 0 Å². The van der Waals surface area contributed by atoms with Crippen molar-refractivity contribution in [2.24, 2.45) is 0 Å². The first kappa shape index (κ1) is 17.8. The molecule has 0 aliphatic carbocycles. The van der Waals surface area contributed by atoms with Gasteiger partial charge in [0.25, 0.3) is 0 Å². The van der Waals surface area contributed by atoms with E-state index in [1.54, 1.807) is 20.8 Å². The number of ether oxygens (including phenoxy) is 1. The van der Waals surface area contributed by atoms with Gasteiger partial charge in [0.2, 0.25) is 0 Å². The molecule has 2 fully saturated rings. The van der Waals surface area contributed by atoms with Crippen molar-refractivity contribution < 1.29 is 27.1 Å². The predicted molar refractivity (Wildman–Crippen MR) is 82.0 cm³/mol. The van der Waals surface area contributed by atoms with Gasteiger partial charge in [0.05, 0.1) is 17.6 Å². The maximum atomic E-state index is 14.5. The molecule has 1 aromatic heterocycles. The minimum Gasteiger partial charge on any atom is -0.444 e. The number of rotatable bonds is 1. The van der Waals surface area contributed by atoms with E-state index in [2.05, 4.69) is 4.98 Å². The first-order valence-electron chi connectivity index (χ1n) is 7.91. The highest BCUT2D eigenvalue weighted by Gasteiger charge is 2.55. The third-order valence-corrected chi connectivity index (χ3v) is 4.30. The van der Waals surface area contributed by atoms with Crippen LogP contribution in [0, 0.1) is 0 Å². The van der Waals surface area contributed by atoms with Gasteiger partial charge in [-0.05, 0) is 32.9 Å². The number of likely N-dealkylation sites (tertiary alicyclic amines) is 1. The summed E-state index contributed by atoms with van der Waals surface area (Å²) in [7, 11) is 0. The van der Waals surface area contributed by atoms with Crippen molar-refractivity contribution in [1.82, 2.24) is 9.88 Å². The van der Waals surface area contributed by atoms with E-state index in [9.17, 15) is 22.4 Å². The predicted octanol–water partition coefficient (Wildman–Crippen LogP) is 3.25. The Labute approximate surface area is 142 Å². The molecule has 0 spiro atoms. The van der Waals surface area contributed by atoms with Crippen LogP contribution in [-0.4, -0.2) is 52.9 Å².